The van der Waals surface area contributed by atoms with Gasteiger partial charge in [-0.3, -0.25) is 0 Å². The summed E-state index contributed by atoms with van der Waals surface area (Å²) in [7, 11) is 0. The lowest BCUT2D eigenvalue weighted by atomic mass is 9.87. The Morgan fingerprint density at radius 3 is 1.26 bits per heavy atom. The van der Waals surface area contributed by atoms with Crippen LogP contribution in [0.1, 0.15) is 0 Å². The molecule has 0 aliphatic carbocycles. The van der Waals surface area contributed by atoms with E-state index in [4.69, 9.17) is 4.42 Å². The first-order valence-electron chi connectivity index (χ1n) is 22.6. The average Bonchev–Trinajstić information content (AvgIpc) is 3.79. The van der Waals surface area contributed by atoms with Crippen LogP contribution in [0.15, 0.2) is 265 Å². The molecule has 0 amide bonds. The molecular weight excluding hydrogens is 799 g/mol. The third kappa shape index (κ3) is 7.12. The molecule has 12 rings (SSSR count). The largest absolute Gasteiger partial charge is 0.455 e. The highest BCUT2D eigenvalue weighted by atomic mass is 16.3. The van der Waals surface area contributed by atoms with E-state index in [1.54, 1.807) is 0 Å². The Hall–Kier alpha value is -8.72. The van der Waals surface area contributed by atoms with Gasteiger partial charge in [0.1, 0.15) is 11.2 Å². The normalized spacial score (nSPS) is 11.3. The van der Waals surface area contributed by atoms with E-state index in [1.165, 1.54) is 60.8 Å². The van der Waals surface area contributed by atoms with Gasteiger partial charge in [0.25, 0.3) is 0 Å². The van der Waals surface area contributed by atoms with Crippen molar-refractivity contribution in [1.29, 1.82) is 0 Å². The zero-order chi connectivity index (χ0) is 43.8. The molecule has 0 saturated heterocycles. The van der Waals surface area contributed by atoms with Gasteiger partial charge in [0.2, 0.25) is 0 Å². The molecule has 1 aromatic heterocycles. The number of rotatable bonds is 9. The molecule has 12 aromatic rings. The molecule has 0 aliphatic rings. The van der Waals surface area contributed by atoms with Crippen molar-refractivity contribution in [1.82, 2.24) is 0 Å². The molecule has 0 N–H and O–H groups in total. The third-order valence-corrected chi connectivity index (χ3v) is 12.9. The van der Waals surface area contributed by atoms with Crippen LogP contribution in [-0.2, 0) is 0 Å². The summed E-state index contributed by atoms with van der Waals surface area (Å²) < 4.78 is 6.45. The molecule has 0 radical (unpaired) electrons. The molecule has 0 atom stereocenters. The highest BCUT2D eigenvalue weighted by Crippen LogP contribution is 2.44. The summed E-state index contributed by atoms with van der Waals surface area (Å²) in [4.78, 5) is 2.35. The van der Waals surface area contributed by atoms with Gasteiger partial charge < -0.3 is 9.32 Å². The van der Waals surface area contributed by atoms with Gasteiger partial charge in [-0.05, 0) is 121 Å². The number of para-hydroxylation sites is 2. The maximum atomic E-state index is 6.45. The zero-order valence-electron chi connectivity index (χ0n) is 36.2. The number of nitrogens with zero attached hydrogens (tertiary/aromatic N) is 1. The van der Waals surface area contributed by atoms with Gasteiger partial charge in [-0.25, -0.2) is 0 Å². The van der Waals surface area contributed by atoms with Gasteiger partial charge in [-0.1, -0.05) is 212 Å². The monoisotopic (exact) mass is 841 g/mol. The highest BCUT2D eigenvalue weighted by Gasteiger charge is 2.18. The predicted octanol–water partition coefficient (Wildman–Crippen LogP) is 18.2. The van der Waals surface area contributed by atoms with Crippen LogP contribution in [0.3, 0.4) is 0 Å². The molecule has 2 nitrogen and oxygen atoms in total. The van der Waals surface area contributed by atoms with Crippen molar-refractivity contribution in [3.05, 3.63) is 261 Å². The first-order chi connectivity index (χ1) is 32.7. The van der Waals surface area contributed by atoms with Crippen LogP contribution >= 0.6 is 0 Å². The zero-order valence-corrected chi connectivity index (χ0v) is 36.2. The predicted molar refractivity (Wildman–Crippen MR) is 279 cm³/mol. The van der Waals surface area contributed by atoms with Crippen LogP contribution < -0.4 is 4.90 Å². The van der Waals surface area contributed by atoms with Crippen LogP contribution in [0, 0.1) is 0 Å². The van der Waals surface area contributed by atoms with Crippen LogP contribution in [0.4, 0.5) is 17.1 Å². The van der Waals surface area contributed by atoms with Crippen molar-refractivity contribution in [2.75, 3.05) is 4.90 Å². The van der Waals surface area contributed by atoms with Crippen molar-refractivity contribution in [2.45, 2.75) is 0 Å². The summed E-state index contributed by atoms with van der Waals surface area (Å²) in [5, 5.41) is 4.74. The number of fused-ring (bicyclic) bond motifs is 4. The molecule has 0 spiro atoms. The van der Waals surface area contributed by atoms with E-state index in [0.29, 0.717) is 0 Å². The van der Waals surface area contributed by atoms with Crippen molar-refractivity contribution in [2.24, 2.45) is 0 Å². The topological polar surface area (TPSA) is 16.4 Å². The minimum atomic E-state index is 0.901. The second-order valence-corrected chi connectivity index (χ2v) is 16.8. The molecule has 0 unspecified atom stereocenters. The van der Waals surface area contributed by atoms with Crippen LogP contribution in [0.25, 0.3) is 99.5 Å². The average molecular weight is 842 g/mol. The van der Waals surface area contributed by atoms with Crippen molar-refractivity contribution < 1.29 is 4.42 Å². The fourth-order valence-electron chi connectivity index (χ4n) is 9.68. The minimum Gasteiger partial charge on any atom is -0.455 e. The molecular formula is C64H43NO. The Balaban J connectivity index is 0.930. The lowest BCUT2D eigenvalue weighted by Crippen LogP contribution is -2.09. The Labute approximate surface area is 384 Å². The first-order valence-corrected chi connectivity index (χ1v) is 22.6. The maximum absolute atomic E-state index is 6.45. The first kappa shape index (κ1) is 38.9. The van der Waals surface area contributed by atoms with Gasteiger partial charge in [0.05, 0.1) is 0 Å². The van der Waals surface area contributed by atoms with Crippen molar-refractivity contribution in [3.8, 4) is 66.8 Å². The summed E-state index contributed by atoms with van der Waals surface area (Å²) in [5.41, 5.74) is 19.2. The van der Waals surface area contributed by atoms with Gasteiger partial charge in [0, 0.05) is 33.4 Å². The SMILES string of the molecule is c1ccc(-c2ccccc2-c2ccccc2-c2ccccc2-c2ccc(N(c3ccc(-c4ccc5ccccc5c4)cc3)c3ccc(-c4cccc5c4oc4ccccc45)cc3)cc2)cc1. The van der Waals surface area contributed by atoms with Gasteiger partial charge in [-0.15, -0.1) is 0 Å². The standard InChI is InChI=1S/C64H43NO/c1-2-16-46(17-3-1)54-19-6-8-21-57(54)59-23-10-11-24-60(59)58-22-9-7-20-55(58)47-33-39-52(40-34-47)65(51-37-31-45(32-38-51)50-30-29-44-15-4-5-18-49(44)43-50)53-41-35-48(36-42-53)56-26-14-27-62-61-25-12-13-28-63(61)66-64(56)62/h1-43H. The lowest BCUT2D eigenvalue weighted by molar-refractivity contribution is 0.670. The van der Waals surface area contributed by atoms with E-state index in [1.807, 2.05) is 12.1 Å². The molecule has 0 bridgehead atoms. The summed E-state index contributed by atoms with van der Waals surface area (Å²) >= 11 is 0. The van der Waals surface area contributed by atoms with Crippen molar-refractivity contribution in [3.63, 3.8) is 0 Å². The second kappa shape index (κ2) is 16.8. The van der Waals surface area contributed by atoms with Gasteiger partial charge in [0.15, 0.2) is 0 Å². The number of furan rings is 1. The molecule has 11 aromatic carbocycles. The molecule has 0 aliphatic heterocycles. The quantitative estimate of drug-likeness (QED) is 0.144. The number of benzene rings is 11. The van der Waals surface area contributed by atoms with Gasteiger partial charge >= 0.3 is 0 Å². The smallest absolute Gasteiger partial charge is 0.143 e. The molecule has 2 heteroatoms. The van der Waals surface area contributed by atoms with Crippen LogP contribution in [-0.4, -0.2) is 0 Å². The molecule has 0 saturated carbocycles. The second-order valence-electron chi connectivity index (χ2n) is 16.8. The fourth-order valence-corrected chi connectivity index (χ4v) is 9.68. The van der Waals surface area contributed by atoms with E-state index in [9.17, 15) is 0 Å². The summed E-state index contributed by atoms with van der Waals surface area (Å²) in [6.07, 6.45) is 0. The van der Waals surface area contributed by atoms with E-state index in [2.05, 4.69) is 254 Å². The van der Waals surface area contributed by atoms with E-state index in [-0.39, 0.29) is 0 Å². The summed E-state index contributed by atoms with van der Waals surface area (Å²) in [6.45, 7) is 0. The van der Waals surface area contributed by atoms with E-state index in [0.717, 1.165) is 55.7 Å². The Morgan fingerprint density at radius 1 is 0.242 bits per heavy atom. The number of anilines is 3. The third-order valence-electron chi connectivity index (χ3n) is 12.9. The summed E-state index contributed by atoms with van der Waals surface area (Å²) in [6, 6.07) is 93.8. The molecule has 310 valence electrons. The minimum absolute atomic E-state index is 0.901. The van der Waals surface area contributed by atoms with Crippen LogP contribution in [0.5, 0.6) is 0 Å². The maximum Gasteiger partial charge on any atom is 0.143 e. The lowest BCUT2D eigenvalue weighted by Gasteiger charge is -2.26. The number of hydrogen-bond acceptors (Lipinski definition) is 2. The Kier molecular flexibility index (Phi) is 9.89. The van der Waals surface area contributed by atoms with E-state index >= 15 is 0 Å². The molecule has 0 fully saturated rings. The highest BCUT2D eigenvalue weighted by molar-refractivity contribution is 6.09. The summed E-state index contributed by atoms with van der Waals surface area (Å²) in [5.74, 6) is 0. The molecule has 66 heavy (non-hydrogen) atoms. The van der Waals surface area contributed by atoms with E-state index < -0.39 is 0 Å². The van der Waals surface area contributed by atoms with Crippen LogP contribution in [0.2, 0.25) is 0 Å². The van der Waals surface area contributed by atoms with Crippen molar-refractivity contribution >= 4 is 49.8 Å². The Morgan fingerprint density at radius 2 is 0.652 bits per heavy atom. The van der Waals surface area contributed by atoms with Gasteiger partial charge in [-0.2, -0.15) is 0 Å². The number of hydrogen-bond donors (Lipinski definition) is 0. The fraction of sp³-hybridized carbons (Fsp3) is 0. The molecule has 1 heterocycles. The Bertz CT molecular complexity index is 3680.